The number of allylic oxidation sites excluding steroid dienone is 2. The molecular weight excluding hydrogens is 396 g/mol. The summed E-state index contributed by atoms with van der Waals surface area (Å²) in [6.45, 7) is 13.3. The monoisotopic (exact) mass is 424 g/mol. The van der Waals surface area contributed by atoms with Crippen molar-refractivity contribution in [1.82, 2.24) is 10.6 Å². The Morgan fingerprint density at radius 1 is 1.03 bits per heavy atom. The topological polar surface area (TPSA) is 58.2 Å². The average molecular weight is 425 g/mol. The van der Waals surface area contributed by atoms with Crippen molar-refractivity contribution in [3.63, 3.8) is 0 Å². The Kier molecular flexibility index (Phi) is 10.9. The Bertz CT molecular complexity index is 884. The Hall–Kier alpha value is -3.11. The predicted octanol–water partition coefficient (Wildman–Crippen LogP) is 5.56. The number of carbonyl (C=O) groups is 2. The molecule has 0 saturated carbocycles. The number of hydrogen-bond acceptors (Lipinski definition) is 2. The van der Waals surface area contributed by atoms with Gasteiger partial charge in [-0.15, -0.1) is 0 Å². The molecule has 4 nitrogen and oxygen atoms in total. The number of hydrogen-bond donors (Lipinski definition) is 2. The van der Waals surface area contributed by atoms with Gasteiger partial charge in [-0.3, -0.25) is 9.59 Å². The standard InChI is InChI=1S/C23H23ClN2O2.C2H6/c1-4-6-17(5-2)22(18-11-13-20(24)14-12-18)26-21(27)15-25-23(28)19-9-7-16(3)8-10-19;1-2/h4-14,22H,1-2,15H2,3H3,(H,25,28)(H,26,27);1-2H3/b17-6+;. The zero-order valence-corrected chi connectivity index (χ0v) is 18.5. The van der Waals surface area contributed by atoms with E-state index < -0.39 is 6.04 Å². The molecule has 0 aliphatic rings. The summed E-state index contributed by atoms with van der Waals surface area (Å²) < 4.78 is 0. The second-order valence-corrected chi connectivity index (χ2v) is 6.64. The lowest BCUT2D eigenvalue weighted by Crippen LogP contribution is -2.39. The third-order valence-electron chi connectivity index (χ3n) is 4.11. The van der Waals surface area contributed by atoms with Crippen molar-refractivity contribution in [2.45, 2.75) is 26.8 Å². The molecule has 0 fully saturated rings. The SMILES string of the molecule is C=C/C=C(\C=C)C(NC(=O)CNC(=O)c1ccc(C)cc1)c1ccc(Cl)cc1.CC. The largest absolute Gasteiger partial charge is 0.344 e. The summed E-state index contributed by atoms with van der Waals surface area (Å²) >= 11 is 5.96. The van der Waals surface area contributed by atoms with Crippen LogP contribution in [0.4, 0.5) is 0 Å². The number of benzene rings is 2. The van der Waals surface area contributed by atoms with Gasteiger partial charge in [0.2, 0.25) is 5.91 Å². The van der Waals surface area contributed by atoms with Crippen molar-refractivity contribution in [3.8, 4) is 0 Å². The fourth-order valence-corrected chi connectivity index (χ4v) is 2.74. The van der Waals surface area contributed by atoms with Crippen molar-refractivity contribution < 1.29 is 9.59 Å². The minimum atomic E-state index is -0.434. The van der Waals surface area contributed by atoms with Crippen molar-refractivity contribution in [1.29, 1.82) is 0 Å². The number of rotatable bonds is 8. The second kappa shape index (κ2) is 13.2. The van der Waals surface area contributed by atoms with Crippen LogP contribution < -0.4 is 10.6 Å². The smallest absolute Gasteiger partial charge is 0.251 e. The fraction of sp³-hybridized carbons (Fsp3) is 0.200. The maximum Gasteiger partial charge on any atom is 0.251 e. The molecule has 0 spiro atoms. The highest BCUT2D eigenvalue weighted by Gasteiger charge is 2.18. The molecule has 0 aromatic heterocycles. The summed E-state index contributed by atoms with van der Waals surface area (Å²) in [6, 6.07) is 13.9. The molecule has 0 bridgehead atoms. The van der Waals surface area contributed by atoms with Gasteiger partial charge in [0, 0.05) is 10.6 Å². The molecule has 2 amide bonds. The first kappa shape index (κ1) is 24.9. The molecule has 1 unspecified atom stereocenters. The Morgan fingerprint density at radius 2 is 1.63 bits per heavy atom. The molecular formula is C25H29ClN2O2. The molecule has 2 aromatic carbocycles. The van der Waals surface area contributed by atoms with Gasteiger partial charge in [-0.25, -0.2) is 0 Å². The van der Waals surface area contributed by atoms with E-state index in [0.717, 1.165) is 16.7 Å². The number of halogens is 1. The number of carbonyl (C=O) groups excluding carboxylic acids is 2. The van der Waals surface area contributed by atoms with E-state index in [1.807, 2.05) is 45.0 Å². The van der Waals surface area contributed by atoms with E-state index in [4.69, 9.17) is 11.6 Å². The molecule has 5 heteroatoms. The average Bonchev–Trinajstić information content (AvgIpc) is 2.77. The molecule has 0 radical (unpaired) electrons. The van der Waals surface area contributed by atoms with Crippen LogP contribution >= 0.6 is 11.6 Å². The van der Waals surface area contributed by atoms with Gasteiger partial charge >= 0.3 is 0 Å². The van der Waals surface area contributed by atoms with Crippen molar-refractivity contribution in [3.05, 3.63) is 107 Å². The zero-order valence-electron chi connectivity index (χ0n) is 17.7. The van der Waals surface area contributed by atoms with Crippen LogP contribution in [-0.2, 0) is 4.79 Å². The normalized spacial score (nSPS) is 11.4. The predicted molar refractivity (Wildman–Crippen MR) is 126 cm³/mol. The van der Waals surface area contributed by atoms with E-state index in [9.17, 15) is 9.59 Å². The molecule has 0 aliphatic carbocycles. The summed E-state index contributed by atoms with van der Waals surface area (Å²) in [7, 11) is 0. The molecule has 0 saturated heterocycles. The summed E-state index contributed by atoms with van der Waals surface area (Å²) in [6.07, 6.45) is 5.06. The third kappa shape index (κ3) is 7.72. The molecule has 30 heavy (non-hydrogen) atoms. The molecule has 0 heterocycles. The molecule has 2 N–H and O–H groups in total. The maximum absolute atomic E-state index is 12.5. The Labute approximate surface area is 184 Å². The van der Waals surface area contributed by atoms with Crippen LogP contribution in [0.2, 0.25) is 5.02 Å². The maximum atomic E-state index is 12.5. The van der Waals surface area contributed by atoms with E-state index in [1.54, 1.807) is 42.5 Å². The number of aryl methyl sites for hydroxylation is 1. The van der Waals surface area contributed by atoms with Crippen LogP contribution in [0, 0.1) is 6.92 Å². The van der Waals surface area contributed by atoms with Gasteiger partial charge in [-0.1, -0.05) is 86.7 Å². The minimum absolute atomic E-state index is 0.144. The van der Waals surface area contributed by atoms with Gasteiger partial charge in [-0.05, 0) is 42.3 Å². The van der Waals surface area contributed by atoms with Gasteiger partial charge in [0.25, 0.3) is 5.91 Å². The highest BCUT2D eigenvalue weighted by atomic mass is 35.5. The van der Waals surface area contributed by atoms with Crippen molar-refractivity contribution >= 4 is 23.4 Å². The highest BCUT2D eigenvalue weighted by Crippen LogP contribution is 2.24. The van der Waals surface area contributed by atoms with Crippen LogP contribution in [0.25, 0.3) is 0 Å². The quantitative estimate of drug-likeness (QED) is 0.545. The first-order valence-electron chi connectivity index (χ1n) is 9.79. The van der Waals surface area contributed by atoms with Gasteiger partial charge in [0.05, 0.1) is 12.6 Å². The van der Waals surface area contributed by atoms with Gasteiger partial charge in [-0.2, -0.15) is 0 Å². The zero-order chi connectivity index (χ0) is 22.5. The number of amides is 2. The lowest BCUT2D eigenvalue weighted by Gasteiger charge is -2.21. The van der Waals surface area contributed by atoms with Crippen LogP contribution in [0.15, 0.2) is 85.5 Å². The van der Waals surface area contributed by atoms with Crippen LogP contribution in [0.3, 0.4) is 0 Å². The highest BCUT2D eigenvalue weighted by molar-refractivity contribution is 6.30. The van der Waals surface area contributed by atoms with Crippen LogP contribution in [0.5, 0.6) is 0 Å². The van der Waals surface area contributed by atoms with Crippen molar-refractivity contribution in [2.75, 3.05) is 6.54 Å². The second-order valence-electron chi connectivity index (χ2n) is 6.21. The van der Waals surface area contributed by atoms with Crippen LogP contribution in [-0.4, -0.2) is 18.4 Å². The van der Waals surface area contributed by atoms with Crippen LogP contribution in [0.1, 0.15) is 41.4 Å². The van der Waals surface area contributed by atoms with E-state index in [-0.39, 0.29) is 18.4 Å². The summed E-state index contributed by atoms with van der Waals surface area (Å²) in [5.41, 5.74) is 3.18. The molecule has 1 atom stereocenters. The van der Waals surface area contributed by atoms with E-state index in [0.29, 0.717) is 10.6 Å². The Balaban J connectivity index is 0.00000218. The third-order valence-corrected chi connectivity index (χ3v) is 4.36. The van der Waals surface area contributed by atoms with Gasteiger partial charge in [0.15, 0.2) is 0 Å². The Morgan fingerprint density at radius 3 is 2.17 bits per heavy atom. The van der Waals surface area contributed by atoms with Gasteiger partial charge < -0.3 is 10.6 Å². The lowest BCUT2D eigenvalue weighted by atomic mass is 9.98. The first-order chi connectivity index (χ1) is 14.4. The lowest BCUT2D eigenvalue weighted by molar-refractivity contribution is -0.120. The van der Waals surface area contributed by atoms with Crippen molar-refractivity contribution in [2.24, 2.45) is 0 Å². The first-order valence-corrected chi connectivity index (χ1v) is 10.2. The molecule has 2 rings (SSSR count). The van der Waals surface area contributed by atoms with E-state index in [2.05, 4.69) is 23.8 Å². The number of nitrogens with one attached hydrogen (secondary N) is 2. The van der Waals surface area contributed by atoms with E-state index >= 15 is 0 Å². The van der Waals surface area contributed by atoms with Gasteiger partial charge in [0.1, 0.15) is 0 Å². The minimum Gasteiger partial charge on any atom is -0.344 e. The summed E-state index contributed by atoms with van der Waals surface area (Å²) in [5.74, 6) is -0.624. The fourth-order valence-electron chi connectivity index (χ4n) is 2.61. The molecule has 0 aliphatic heterocycles. The molecule has 158 valence electrons. The summed E-state index contributed by atoms with van der Waals surface area (Å²) in [4.78, 5) is 24.7. The van der Waals surface area contributed by atoms with E-state index in [1.165, 1.54) is 0 Å². The summed E-state index contributed by atoms with van der Waals surface area (Å²) in [5, 5.41) is 6.16. The molecule has 2 aromatic rings.